The van der Waals surface area contributed by atoms with Crippen LogP contribution in [0.25, 0.3) is 0 Å². The summed E-state index contributed by atoms with van der Waals surface area (Å²) >= 11 is 0. The van der Waals surface area contributed by atoms with Gasteiger partial charge in [0.15, 0.2) is 0 Å². The van der Waals surface area contributed by atoms with Gasteiger partial charge in [-0.15, -0.1) is 0 Å². The van der Waals surface area contributed by atoms with E-state index >= 15 is 0 Å². The number of hydrogen-bond acceptors (Lipinski definition) is 2. The van der Waals surface area contributed by atoms with Gasteiger partial charge in [-0.05, 0) is 23.8 Å². The third kappa shape index (κ3) is 4.43. The lowest BCUT2D eigenvalue weighted by Crippen LogP contribution is -2.29. The van der Waals surface area contributed by atoms with Crippen LogP contribution in [-0.4, -0.2) is 12.5 Å². The fourth-order valence-corrected chi connectivity index (χ4v) is 1.64. The summed E-state index contributed by atoms with van der Waals surface area (Å²) in [5, 5.41) is 5.66. The minimum Gasteiger partial charge on any atom is -0.376 e. The molecule has 0 radical (unpaired) electrons. The molecule has 4 heteroatoms. The number of nitrogens with one attached hydrogen (secondary N) is 2. The van der Waals surface area contributed by atoms with E-state index in [1.165, 1.54) is 12.1 Å². The highest BCUT2D eigenvalue weighted by molar-refractivity contribution is 5.80. The topological polar surface area (TPSA) is 41.1 Å². The van der Waals surface area contributed by atoms with Crippen LogP contribution in [0.5, 0.6) is 0 Å². The van der Waals surface area contributed by atoms with Gasteiger partial charge in [0.05, 0.1) is 6.54 Å². The molecule has 0 spiro atoms. The molecule has 19 heavy (non-hydrogen) atoms. The van der Waals surface area contributed by atoms with E-state index in [9.17, 15) is 9.18 Å². The summed E-state index contributed by atoms with van der Waals surface area (Å²) in [6, 6.07) is 15.7. The number of halogens is 1. The maximum absolute atomic E-state index is 12.9. The molecule has 2 aromatic rings. The number of amides is 1. The fraction of sp³-hybridized carbons (Fsp3) is 0.133. The van der Waals surface area contributed by atoms with Crippen molar-refractivity contribution in [3.63, 3.8) is 0 Å². The van der Waals surface area contributed by atoms with Crippen LogP contribution in [0, 0.1) is 5.82 Å². The number of anilines is 1. The van der Waals surface area contributed by atoms with Gasteiger partial charge in [0.1, 0.15) is 5.82 Å². The molecular formula is C15H15FN2O. The lowest BCUT2D eigenvalue weighted by molar-refractivity contribution is -0.119. The van der Waals surface area contributed by atoms with E-state index in [4.69, 9.17) is 0 Å². The monoisotopic (exact) mass is 258 g/mol. The normalized spacial score (nSPS) is 9.95. The lowest BCUT2D eigenvalue weighted by atomic mass is 10.2. The SMILES string of the molecule is O=C(CNc1cccc(F)c1)NCc1ccccc1. The van der Waals surface area contributed by atoms with Crippen molar-refractivity contribution in [3.8, 4) is 0 Å². The number of carbonyl (C=O) groups is 1. The Morgan fingerprint density at radius 2 is 1.84 bits per heavy atom. The van der Waals surface area contributed by atoms with Crippen molar-refractivity contribution in [1.29, 1.82) is 0 Å². The zero-order chi connectivity index (χ0) is 13.5. The van der Waals surface area contributed by atoms with E-state index in [0.717, 1.165) is 5.56 Å². The summed E-state index contributed by atoms with van der Waals surface area (Å²) in [5.41, 5.74) is 1.64. The molecule has 0 aliphatic carbocycles. The quantitative estimate of drug-likeness (QED) is 0.865. The van der Waals surface area contributed by atoms with Gasteiger partial charge >= 0.3 is 0 Å². The van der Waals surface area contributed by atoms with Crippen LogP contribution in [0.2, 0.25) is 0 Å². The zero-order valence-corrected chi connectivity index (χ0v) is 10.4. The first-order valence-corrected chi connectivity index (χ1v) is 6.04. The third-order valence-electron chi connectivity index (χ3n) is 2.61. The van der Waals surface area contributed by atoms with Crippen LogP contribution in [0.15, 0.2) is 54.6 Å². The number of benzene rings is 2. The van der Waals surface area contributed by atoms with Crippen LogP contribution in [0.4, 0.5) is 10.1 Å². The molecule has 0 saturated heterocycles. The molecule has 3 nitrogen and oxygen atoms in total. The Bertz CT molecular complexity index is 543. The first-order valence-electron chi connectivity index (χ1n) is 6.04. The maximum Gasteiger partial charge on any atom is 0.239 e. The third-order valence-corrected chi connectivity index (χ3v) is 2.61. The lowest BCUT2D eigenvalue weighted by Gasteiger charge is -2.07. The molecular weight excluding hydrogens is 243 g/mol. The van der Waals surface area contributed by atoms with Crippen molar-refractivity contribution < 1.29 is 9.18 Å². The Kier molecular flexibility index (Phi) is 4.50. The highest BCUT2D eigenvalue weighted by atomic mass is 19.1. The van der Waals surface area contributed by atoms with E-state index in [-0.39, 0.29) is 18.3 Å². The summed E-state index contributed by atoms with van der Waals surface area (Å²) in [6.07, 6.45) is 0. The predicted molar refractivity (Wildman–Crippen MR) is 73.2 cm³/mol. The summed E-state index contributed by atoms with van der Waals surface area (Å²) in [4.78, 5) is 11.6. The van der Waals surface area contributed by atoms with Crippen LogP contribution in [-0.2, 0) is 11.3 Å². The summed E-state index contributed by atoms with van der Waals surface area (Å²) in [5.74, 6) is -0.456. The number of rotatable bonds is 5. The van der Waals surface area contributed by atoms with Crippen molar-refractivity contribution in [3.05, 3.63) is 66.0 Å². The Hall–Kier alpha value is -2.36. The average Bonchev–Trinajstić information content (AvgIpc) is 2.44. The molecule has 0 aliphatic heterocycles. The van der Waals surface area contributed by atoms with Gasteiger partial charge in [0.25, 0.3) is 0 Å². The van der Waals surface area contributed by atoms with Crippen molar-refractivity contribution in [2.24, 2.45) is 0 Å². The minimum atomic E-state index is -0.324. The molecule has 2 rings (SSSR count). The molecule has 0 aromatic heterocycles. The molecule has 98 valence electrons. The largest absolute Gasteiger partial charge is 0.376 e. The molecule has 0 fully saturated rings. The second-order valence-electron chi connectivity index (χ2n) is 4.13. The van der Waals surface area contributed by atoms with Crippen LogP contribution >= 0.6 is 0 Å². The molecule has 0 heterocycles. The van der Waals surface area contributed by atoms with E-state index in [2.05, 4.69) is 10.6 Å². The zero-order valence-electron chi connectivity index (χ0n) is 10.4. The molecule has 2 aromatic carbocycles. The molecule has 0 aliphatic rings. The average molecular weight is 258 g/mol. The highest BCUT2D eigenvalue weighted by Crippen LogP contribution is 2.08. The number of hydrogen-bond donors (Lipinski definition) is 2. The second-order valence-corrected chi connectivity index (χ2v) is 4.13. The maximum atomic E-state index is 12.9. The summed E-state index contributed by atoms with van der Waals surface area (Å²) in [6.45, 7) is 0.612. The Morgan fingerprint density at radius 3 is 2.58 bits per heavy atom. The first kappa shape index (κ1) is 13.1. The minimum absolute atomic E-state index is 0.121. The van der Waals surface area contributed by atoms with Crippen molar-refractivity contribution in [2.75, 3.05) is 11.9 Å². The van der Waals surface area contributed by atoms with Crippen LogP contribution < -0.4 is 10.6 Å². The summed E-state index contributed by atoms with van der Waals surface area (Å²) in [7, 11) is 0. The van der Waals surface area contributed by atoms with Crippen molar-refractivity contribution in [2.45, 2.75) is 6.54 Å². The molecule has 0 bridgehead atoms. The van der Waals surface area contributed by atoms with Gasteiger partial charge < -0.3 is 10.6 Å². The van der Waals surface area contributed by atoms with Gasteiger partial charge in [0, 0.05) is 12.2 Å². The first-order chi connectivity index (χ1) is 9.24. The molecule has 0 unspecified atom stereocenters. The molecule has 0 atom stereocenters. The Labute approximate surface area is 111 Å². The second kappa shape index (κ2) is 6.54. The van der Waals surface area contributed by atoms with Gasteiger partial charge in [-0.1, -0.05) is 36.4 Å². The smallest absolute Gasteiger partial charge is 0.239 e. The fourth-order valence-electron chi connectivity index (χ4n) is 1.64. The van der Waals surface area contributed by atoms with E-state index in [1.54, 1.807) is 12.1 Å². The van der Waals surface area contributed by atoms with Gasteiger partial charge in [-0.2, -0.15) is 0 Å². The predicted octanol–water partition coefficient (Wildman–Crippen LogP) is 2.55. The molecule has 1 amide bonds. The molecule has 0 saturated carbocycles. The number of carbonyl (C=O) groups excluding carboxylic acids is 1. The van der Waals surface area contributed by atoms with Gasteiger partial charge in [-0.3, -0.25) is 4.79 Å². The van der Waals surface area contributed by atoms with E-state index < -0.39 is 0 Å². The highest BCUT2D eigenvalue weighted by Gasteiger charge is 2.01. The van der Waals surface area contributed by atoms with Crippen LogP contribution in [0.1, 0.15) is 5.56 Å². The molecule has 2 N–H and O–H groups in total. The van der Waals surface area contributed by atoms with Gasteiger partial charge in [-0.25, -0.2) is 4.39 Å². The van der Waals surface area contributed by atoms with Crippen molar-refractivity contribution in [1.82, 2.24) is 5.32 Å². The standard InChI is InChI=1S/C15H15FN2O/c16-13-7-4-8-14(9-13)17-11-15(19)18-10-12-5-2-1-3-6-12/h1-9,17H,10-11H2,(H,18,19). The summed E-state index contributed by atoms with van der Waals surface area (Å²) < 4.78 is 12.9. The van der Waals surface area contributed by atoms with E-state index in [1.807, 2.05) is 30.3 Å². The van der Waals surface area contributed by atoms with Crippen molar-refractivity contribution >= 4 is 11.6 Å². The van der Waals surface area contributed by atoms with E-state index in [0.29, 0.717) is 12.2 Å². The Balaban J connectivity index is 1.76. The van der Waals surface area contributed by atoms with Crippen LogP contribution in [0.3, 0.4) is 0 Å². The van der Waals surface area contributed by atoms with Gasteiger partial charge in [0.2, 0.25) is 5.91 Å². The Morgan fingerprint density at radius 1 is 1.05 bits per heavy atom.